The molecule has 0 spiro atoms. The fourth-order valence-corrected chi connectivity index (χ4v) is 3.74. The van der Waals surface area contributed by atoms with Crippen molar-refractivity contribution in [2.24, 2.45) is 0 Å². The summed E-state index contributed by atoms with van der Waals surface area (Å²) < 4.78 is 36.4. The number of alkyl halides is 3. The highest BCUT2D eigenvalue weighted by molar-refractivity contribution is 5.81. The minimum Gasteiger partial charge on any atom is -0.347 e. The summed E-state index contributed by atoms with van der Waals surface area (Å²) >= 11 is 0. The van der Waals surface area contributed by atoms with Crippen molar-refractivity contribution >= 4 is 5.91 Å². The molecule has 0 atom stereocenters. The molecule has 0 fully saturated rings. The third kappa shape index (κ3) is 19.2. The van der Waals surface area contributed by atoms with Crippen LogP contribution in [0.2, 0.25) is 0 Å². The summed E-state index contributed by atoms with van der Waals surface area (Å²) in [6, 6.07) is 0. The van der Waals surface area contributed by atoms with Crippen LogP contribution in [0.5, 0.6) is 0 Å². The van der Waals surface area contributed by atoms with Crippen molar-refractivity contribution in [1.29, 1.82) is 0 Å². The molecule has 3 nitrogen and oxygen atoms in total. The van der Waals surface area contributed by atoms with Crippen LogP contribution in [0.3, 0.4) is 0 Å². The highest BCUT2D eigenvalue weighted by atomic mass is 19.4. The van der Waals surface area contributed by atoms with Gasteiger partial charge in [-0.15, -0.1) is 0 Å². The lowest BCUT2D eigenvalue weighted by atomic mass is 10.0. The van der Waals surface area contributed by atoms with Gasteiger partial charge in [-0.2, -0.15) is 13.2 Å². The zero-order chi connectivity index (χ0) is 22.5. The number of rotatable bonds is 21. The topological polar surface area (TPSA) is 32.3 Å². The van der Waals surface area contributed by atoms with Crippen molar-refractivity contribution in [2.45, 2.75) is 123 Å². The van der Waals surface area contributed by atoms with Gasteiger partial charge in [0.25, 0.3) is 0 Å². The smallest absolute Gasteiger partial charge is 0.347 e. The summed E-state index contributed by atoms with van der Waals surface area (Å²) in [6.45, 7) is 6.45. The lowest BCUT2D eigenvalue weighted by Gasteiger charge is -2.20. The molecule has 0 aromatic rings. The molecule has 0 aromatic carbocycles. The van der Waals surface area contributed by atoms with E-state index in [1.807, 2.05) is 12.2 Å². The van der Waals surface area contributed by atoms with Crippen molar-refractivity contribution in [3.05, 3.63) is 0 Å². The number of likely N-dealkylation sites (N-methyl/N-ethyl adjacent to an activating group) is 1. The first kappa shape index (κ1) is 29.2. The summed E-state index contributed by atoms with van der Waals surface area (Å²) in [5.74, 6) is -1.85. The van der Waals surface area contributed by atoms with E-state index < -0.39 is 12.1 Å². The van der Waals surface area contributed by atoms with Gasteiger partial charge in [0.15, 0.2) is 0 Å². The van der Waals surface area contributed by atoms with Crippen LogP contribution in [0.25, 0.3) is 0 Å². The second kappa shape index (κ2) is 20.1. The molecule has 0 saturated heterocycles. The summed E-state index contributed by atoms with van der Waals surface area (Å²) in [7, 11) is 0. The first-order valence-corrected chi connectivity index (χ1v) is 12.5. The van der Waals surface area contributed by atoms with E-state index in [2.05, 4.69) is 11.8 Å². The van der Waals surface area contributed by atoms with Crippen molar-refractivity contribution in [3.63, 3.8) is 0 Å². The Morgan fingerprint density at radius 3 is 1.43 bits per heavy atom. The number of carbonyl (C=O) groups is 1. The Labute approximate surface area is 183 Å². The van der Waals surface area contributed by atoms with Gasteiger partial charge < -0.3 is 10.2 Å². The van der Waals surface area contributed by atoms with Gasteiger partial charge in [0.1, 0.15) is 0 Å². The molecule has 1 amide bonds. The van der Waals surface area contributed by atoms with Gasteiger partial charge in [-0.25, -0.2) is 0 Å². The molecule has 6 heteroatoms. The van der Waals surface area contributed by atoms with Crippen LogP contribution in [0.15, 0.2) is 0 Å². The Hall–Kier alpha value is -0.780. The number of nitrogens with zero attached hydrogens (tertiary/aromatic N) is 1. The standard InChI is InChI=1S/C24H47F3N2O/c1-3-5-6-7-8-9-10-11-12-13-14-15-16-17-18-19-21-29(4-2)22-20-28-23(30)24(25,26)27/h3-22H2,1-2H3,(H,28,30). The molecule has 0 heterocycles. The summed E-state index contributed by atoms with van der Waals surface area (Å²) in [5.41, 5.74) is 0. The highest BCUT2D eigenvalue weighted by Gasteiger charge is 2.38. The number of halogens is 3. The molecule has 0 aromatic heterocycles. The fraction of sp³-hybridized carbons (Fsp3) is 0.958. The van der Waals surface area contributed by atoms with E-state index in [1.165, 1.54) is 96.3 Å². The second-order valence-electron chi connectivity index (χ2n) is 8.49. The number of hydrogen-bond acceptors (Lipinski definition) is 2. The summed E-state index contributed by atoms with van der Waals surface area (Å²) in [4.78, 5) is 12.9. The number of hydrogen-bond donors (Lipinski definition) is 1. The number of nitrogens with one attached hydrogen (secondary N) is 1. The van der Waals surface area contributed by atoms with E-state index in [-0.39, 0.29) is 6.54 Å². The van der Waals surface area contributed by atoms with Gasteiger partial charge in [0, 0.05) is 13.1 Å². The van der Waals surface area contributed by atoms with Crippen LogP contribution in [0, 0.1) is 0 Å². The zero-order valence-corrected chi connectivity index (χ0v) is 19.6. The van der Waals surface area contributed by atoms with Gasteiger partial charge in [-0.1, -0.05) is 110 Å². The van der Waals surface area contributed by atoms with Gasteiger partial charge in [-0.05, 0) is 19.5 Å². The second-order valence-corrected chi connectivity index (χ2v) is 8.49. The maximum atomic E-state index is 12.1. The van der Waals surface area contributed by atoms with Crippen molar-refractivity contribution in [3.8, 4) is 0 Å². The molecule has 30 heavy (non-hydrogen) atoms. The highest BCUT2D eigenvalue weighted by Crippen LogP contribution is 2.15. The van der Waals surface area contributed by atoms with E-state index in [0.717, 1.165) is 19.5 Å². The molecule has 1 N–H and O–H groups in total. The number of unbranched alkanes of at least 4 members (excludes halogenated alkanes) is 15. The van der Waals surface area contributed by atoms with Crippen molar-refractivity contribution in [2.75, 3.05) is 26.2 Å². The van der Waals surface area contributed by atoms with Crippen LogP contribution >= 0.6 is 0 Å². The zero-order valence-electron chi connectivity index (χ0n) is 19.6. The molecular weight excluding hydrogens is 389 g/mol. The molecule has 0 rings (SSSR count). The Balaban J connectivity index is 3.36. The van der Waals surface area contributed by atoms with Gasteiger partial charge in [0.2, 0.25) is 0 Å². The molecule has 180 valence electrons. The summed E-state index contributed by atoms with van der Waals surface area (Å²) in [6.07, 6.45) is 16.5. The van der Waals surface area contributed by atoms with Crippen molar-refractivity contribution < 1.29 is 18.0 Å². The Morgan fingerprint density at radius 2 is 1.07 bits per heavy atom. The lowest BCUT2D eigenvalue weighted by molar-refractivity contribution is -0.173. The lowest BCUT2D eigenvalue weighted by Crippen LogP contribution is -2.41. The fourth-order valence-electron chi connectivity index (χ4n) is 3.74. The Kier molecular flexibility index (Phi) is 19.6. The number of carbonyl (C=O) groups excluding carboxylic acids is 1. The average Bonchev–Trinajstić information content (AvgIpc) is 2.71. The predicted molar refractivity (Wildman–Crippen MR) is 121 cm³/mol. The van der Waals surface area contributed by atoms with Crippen LogP contribution in [-0.4, -0.2) is 43.2 Å². The maximum Gasteiger partial charge on any atom is 0.471 e. The largest absolute Gasteiger partial charge is 0.471 e. The van der Waals surface area contributed by atoms with E-state index in [4.69, 9.17) is 0 Å². The van der Waals surface area contributed by atoms with E-state index >= 15 is 0 Å². The molecule has 0 bridgehead atoms. The minimum absolute atomic E-state index is 0.0467. The van der Waals surface area contributed by atoms with Gasteiger partial charge >= 0.3 is 12.1 Å². The minimum atomic E-state index is -4.79. The van der Waals surface area contributed by atoms with E-state index in [9.17, 15) is 18.0 Å². The van der Waals surface area contributed by atoms with E-state index in [0.29, 0.717) is 6.54 Å². The predicted octanol–water partition coefficient (Wildman–Crippen LogP) is 7.25. The molecule has 0 aliphatic heterocycles. The van der Waals surface area contributed by atoms with E-state index in [1.54, 1.807) is 0 Å². The SMILES string of the molecule is CCCCCCCCCCCCCCCCCCN(CC)CCNC(=O)C(F)(F)F. The third-order valence-corrected chi connectivity index (χ3v) is 5.75. The van der Waals surface area contributed by atoms with Crippen LogP contribution in [-0.2, 0) is 4.79 Å². The molecule has 0 radical (unpaired) electrons. The Morgan fingerprint density at radius 1 is 0.667 bits per heavy atom. The first-order valence-electron chi connectivity index (χ1n) is 12.5. The maximum absolute atomic E-state index is 12.1. The van der Waals surface area contributed by atoms with Gasteiger partial charge in [0.05, 0.1) is 0 Å². The average molecular weight is 437 g/mol. The molecule has 0 unspecified atom stereocenters. The van der Waals surface area contributed by atoms with Crippen LogP contribution < -0.4 is 5.32 Å². The van der Waals surface area contributed by atoms with Crippen LogP contribution in [0.4, 0.5) is 13.2 Å². The van der Waals surface area contributed by atoms with Gasteiger partial charge in [-0.3, -0.25) is 4.79 Å². The molecule has 0 aliphatic rings. The first-order chi connectivity index (χ1) is 14.4. The third-order valence-electron chi connectivity index (χ3n) is 5.75. The Bertz CT molecular complexity index is 389. The quantitative estimate of drug-likeness (QED) is 0.192. The number of amides is 1. The summed E-state index contributed by atoms with van der Waals surface area (Å²) in [5, 5.41) is 1.94. The molecule has 0 saturated carbocycles. The van der Waals surface area contributed by atoms with Crippen molar-refractivity contribution in [1.82, 2.24) is 10.2 Å². The monoisotopic (exact) mass is 436 g/mol. The normalized spacial score (nSPS) is 11.9. The molecule has 0 aliphatic carbocycles. The van der Waals surface area contributed by atoms with Crippen LogP contribution in [0.1, 0.15) is 117 Å². The molecular formula is C24H47F3N2O.